The second-order valence-electron chi connectivity index (χ2n) is 9.64. The van der Waals surface area contributed by atoms with E-state index < -0.39 is 11.6 Å². The molecule has 36 heavy (non-hydrogen) atoms. The molecule has 1 spiro atoms. The molecule has 190 valence electrons. The molecule has 2 amide bonds. The summed E-state index contributed by atoms with van der Waals surface area (Å²) in [4.78, 5) is 14.5. The fraction of sp³-hybridized carbons (Fsp3) is 0.407. The van der Waals surface area contributed by atoms with Crippen molar-refractivity contribution in [2.24, 2.45) is 0 Å². The monoisotopic (exact) mass is 497 g/mol. The summed E-state index contributed by atoms with van der Waals surface area (Å²) in [7, 11) is 0. The van der Waals surface area contributed by atoms with Crippen LogP contribution in [0.4, 0.5) is 19.5 Å². The number of likely N-dealkylation sites (tertiary alicyclic amines) is 1. The Morgan fingerprint density at radius 3 is 2.56 bits per heavy atom. The van der Waals surface area contributed by atoms with Crippen LogP contribution in [0.5, 0.6) is 5.75 Å². The molecular weight excluding hydrogens is 468 g/mol. The molecule has 2 fully saturated rings. The summed E-state index contributed by atoms with van der Waals surface area (Å²) in [6.07, 6.45) is 2.46. The number of aryl methyl sites for hydroxylation is 1. The molecule has 5 rings (SSSR count). The number of nitrogens with zero attached hydrogens (tertiary/aromatic N) is 2. The molecule has 7 nitrogen and oxygen atoms in total. The summed E-state index contributed by atoms with van der Waals surface area (Å²) >= 11 is 0. The quantitative estimate of drug-likeness (QED) is 0.488. The largest absolute Gasteiger partial charge is 0.489 e. The zero-order chi connectivity index (χ0) is 25.3. The van der Waals surface area contributed by atoms with Gasteiger partial charge in [0.1, 0.15) is 12.4 Å². The molecule has 0 bridgehead atoms. The van der Waals surface area contributed by atoms with Gasteiger partial charge in [-0.1, -0.05) is 23.4 Å². The molecule has 1 aromatic heterocycles. The molecule has 9 heteroatoms. The van der Waals surface area contributed by atoms with Crippen molar-refractivity contribution < 1.29 is 27.6 Å². The van der Waals surface area contributed by atoms with Crippen LogP contribution < -0.4 is 10.1 Å². The van der Waals surface area contributed by atoms with Crippen LogP contribution >= 0.6 is 0 Å². The highest BCUT2D eigenvalue weighted by atomic mass is 19.2. The van der Waals surface area contributed by atoms with E-state index in [9.17, 15) is 13.6 Å². The van der Waals surface area contributed by atoms with Gasteiger partial charge < -0.3 is 18.9 Å². The SMILES string of the molecule is Cc1noc(NC(=O)N2CCC3(CC2)CC(c2ccc(OCc4ccc(F)c(F)c4)cc2)CO3)c1C. The lowest BCUT2D eigenvalue weighted by Crippen LogP contribution is -2.47. The minimum Gasteiger partial charge on any atom is -0.489 e. The van der Waals surface area contributed by atoms with E-state index in [-0.39, 0.29) is 24.2 Å². The molecule has 0 saturated carbocycles. The van der Waals surface area contributed by atoms with Crippen molar-refractivity contribution >= 4 is 11.9 Å². The van der Waals surface area contributed by atoms with Crippen LogP contribution in [-0.2, 0) is 11.3 Å². The highest BCUT2D eigenvalue weighted by Crippen LogP contribution is 2.43. The number of aromatic nitrogens is 1. The molecule has 2 aromatic carbocycles. The third-order valence-electron chi connectivity index (χ3n) is 7.29. The van der Waals surface area contributed by atoms with E-state index in [1.54, 1.807) is 4.90 Å². The average molecular weight is 498 g/mol. The van der Waals surface area contributed by atoms with E-state index in [0.717, 1.165) is 42.7 Å². The molecule has 3 aromatic rings. The smallest absolute Gasteiger partial charge is 0.324 e. The average Bonchev–Trinajstić information content (AvgIpc) is 3.44. The van der Waals surface area contributed by atoms with Gasteiger partial charge in [-0.25, -0.2) is 13.6 Å². The van der Waals surface area contributed by atoms with E-state index in [0.29, 0.717) is 36.9 Å². The maximum Gasteiger partial charge on any atom is 0.324 e. The molecule has 0 radical (unpaired) electrons. The first-order valence-electron chi connectivity index (χ1n) is 12.1. The van der Waals surface area contributed by atoms with Crippen LogP contribution in [0, 0.1) is 25.5 Å². The van der Waals surface area contributed by atoms with E-state index >= 15 is 0 Å². The summed E-state index contributed by atoms with van der Waals surface area (Å²) in [5, 5.41) is 6.70. The Morgan fingerprint density at radius 2 is 1.89 bits per heavy atom. The molecular formula is C27H29F2N3O4. The number of hydrogen-bond acceptors (Lipinski definition) is 5. The van der Waals surface area contributed by atoms with Crippen LogP contribution in [0.3, 0.4) is 0 Å². The molecule has 2 aliphatic rings. The number of hydrogen-bond donors (Lipinski definition) is 1. The summed E-state index contributed by atoms with van der Waals surface area (Å²) in [6.45, 7) is 5.72. The number of halogens is 2. The maximum atomic E-state index is 13.4. The van der Waals surface area contributed by atoms with Gasteiger partial charge in [-0.3, -0.25) is 5.32 Å². The predicted molar refractivity (Wildman–Crippen MR) is 129 cm³/mol. The van der Waals surface area contributed by atoms with Gasteiger partial charge in [0.15, 0.2) is 11.6 Å². The first kappa shape index (κ1) is 24.2. The van der Waals surface area contributed by atoms with Crippen LogP contribution in [-0.4, -0.2) is 41.4 Å². The summed E-state index contributed by atoms with van der Waals surface area (Å²) in [6, 6.07) is 11.4. The zero-order valence-electron chi connectivity index (χ0n) is 20.4. The third kappa shape index (κ3) is 5.06. The normalized spacial score (nSPS) is 19.0. The highest BCUT2D eigenvalue weighted by Gasteiger charge is 2.43. The van der Waals surface area contributed by atoms with Crippen molar-refractivity contribution in [1.82, 2.24) is 10.1 Å². The van der Waals surface area contributed by atoms with Gasteiger partial charge in [0, 0.05) is 24.6 Å². The van der Waals surface area contributed by atoms with E-state index in [1.165, 1.54) is 11.6 Å². The second kappa shape index (κ2) is 9.89. The van der Waals surface area contributed by atoms with Gasteiger partial charge in [0.05, 0.1) is 17.9 Å². The second-order valence-corrected chi connectivity index (χ2v) is 9.64. The minimum absolute atomic E-state index is 0.159. The number of amides is 2. The Bertz CT molecular complexity index is 1240. The lowest BCUT2D eigenvalue weighted by molar-refractivity contribution is -0.0355. The van der Waals surface area contributed by atoms with Crippen molar-refractivity contribution in [2.45, 2.75) is 51.2 Å². The Morgan fingerprint density at radius 1 is 1.14 bits per heavy atom. The number of carbonyl (C=O) groups excluding carboxylic acids is 1. The van der Waals surface area contributed by atoms with Gasteiger partial charge in [-0.15, -0.1) is 0 Å². The number of carbonyl (C=O) groups is 1. The Kier molecular flexibility index (Phi) is 6.66. The molecule has 3 heterocycles. The van der Waals surface area contributed by atoms with Crippen LogP contribution in [0.1, 0.15) is 47.6 Å². The molecule has 2 aliphatic heterocycles. The van der Waals surface area contributed by atoms with Gasteiger partial charge in [-0.05, 0) is 68.5 Å². The fourth-order valence-corrected chi connectivity index (χ4v) is 4.86. The van der Waals surface area contributed by atoms with Crippen molar-refractivity contribution in [2.75, 3.05) is 25.0 Å². The number of rotatable bonds is 5. The number of nitrogens with one attached hydrogen (secondary N) is 1. The number of piperidine rings is 1. The Balaban J connectivity index is 1.12. The fourth-order valence-electron chi connectivity index (χ4n) is 4.86. The van der Waals surface area contributed by atoms with Gasteiger partial charge in [0.25, 0.3) is 0 Å². The zero-order valence-corrected chi connectivity index (χ0v) is 20.4. The molecule has 0 aliphatic carbocycles. The first-order chi connectivity index (χ1) is 17.3. The Hall–Kier alpha value is -3.46. The number of ether oxygens (including phenoxy) is 2. The van der Waals surface area contributed by atoms with E-state index in [1.807, 2.05) is 38.1 Å². The number of anilines is 1. The van der Waals surface area contributed by atoms with Gasteiger partial charge >= 0.3 is 6.03 Å². The van der Waals surface area contributed by atoms with Crippen molar-refractivity contribution in [3.05, 3.63) is 76.5 Å². The topological polar surface area (TPSA) is 76.8 Å². The predicted octanol–water partition coefficient (Wildman–Crippen LogP) is 5.72. The molecule has 1 N–H and O–H groups in total. The first-order valence-corrected chi connectivity index (χ1v) is 12.1. The summed E-state index contributed by atoms with van der Waals surface area (Å²) < 4.78 is 43.7. The summed E-state index contributed by atoms with van der Waals surface area (Å²) in [5.74, 6) is -0.426. The minimum atomic E-state index is -0.881. The number of benzene rings is 2. The van der Waals surface area contributed by atoms with Crippen LogP contribution in [0.25, 0.3) is 0 Å². The van der Waals surface area contributed by atoms with Crippen LogP contribution in [0.2, 0.25) is 0 Å². The van der Waals surface area contributed by atoms with Crippen LogP contribution in [0.15, 0.2) is 47.0 Å². The van der Waals surface area contributed by atoms with Crippen molar-refractivity contribution in [3.8, 4) is 5.75 Å². The number of urea groups is 1. The standard InChI is InChI=1S/C27H29F2N3O4/c1-17-18(2)31-36-25(17)30-26(33)32-11-9-27(10-12-32)14-21(16-35-27)20-4-6-22(7-5-20)34-15-19-3-8-23(28)24(29)13-19/h3-8,13,21H,9-12,14-16H2,1-2H3,(H,30,33). The van der Waals surface area contributed by atoms with Gasteiger partial charge in [-0.2, -0.15) is 0 Å². The Labute approximate surface area is 208 Å². The summed E-state index contributed by atoms with van der Waals surface area (Å²) in [5.41, 5.74) is 3.11. The van der Waals surface area contributed by atoms with Crippen molar-refractivity contribution in [3.63, 3.8) is 0 Å². The maximum absolute atomic E-state index is 13.4. The molecule has 1 atom stereocenters. The highest BCUT2D eigenvalue weighted by molar-refractivity contribution is 5.88. The lowest BCUT2D eigenvalue weighted by Gasteiger charge is -2.38. The van der Waals surface area contributed by atoms with Crippen molar-refractivity contribution in [1.29, 1.82) is 0 Å². The third-order valence-corrected chi connectivity index (χ3v) is 7.29. The van der Waals surface area contributed by atoms with E-state index in [4.69, 9.17) is 14.0 Å². The van der Waals surface area contributed by atoms with E-state index in [2.05, 4.69) is 10.5 Å². The molecule has 2 saturated heterocycles. The lowest BCUT2D eigenvalue weighted by atomic mass is 9.83. The molecule has 1 unspecified atom stereocenters. The van der Waals surface area contributed by atoms with Gasteiger partial charge in [0.2, 0.25) is 5.88 Å².